The van der Waals surface area contributed by atoms with Crippen LogP contribution in [0.1, 0.15) is 43.2 Å². The van der Waals surface area contributed by atoms with Crippen LogP contribution in [0.3, 0.4) is 0 Å². The Bertz CT molecular complexity index is 407. The quantitative estimate of drug-likeness (QED) is 0.480. The lowest BCUT2D eigenvalue weighted by atomic mass is 9.93. The minimum atomic E-state index is 0. The summed E-state index contributed by atoms with van der Waals surface area (Å²) in [5.74, 6) is 1.75. The van der Waals surface area contributed by atoms with Crippen LogP contribution in [-0.2, 0) is 6.54 Å². The van der Waals surface area contributed by atoms with E-state index in [9.17, 15) is 0 Å². The van der Waals surface area contributed by atoms with Crippen molar-refractivity contribution >= 4 is 29.9 Å². The molecule has 2 rings (SSSR count). The summed E-state index contributed by atoms with van der Waals surface area (Å²) in [5, 5.41) is 10.7. The summed E-state index contributed by atoms with van der Waals surface area (Å²) in [4.78, 5) is 4.59. The van der Waals surface area contributed by atoms with Crippen LogP contribution in [-0.4, -0.2) is 23.7 Å². The minimum Gasteiger partial charge on any atom is -0.361 e. The van der Waals surface area contributed by atoms with Crippen molar-refractivity contribution in [3.63, 3.8) is 0 Å². The molecule has 1 saturated carbocycles. The third-order valence-corrected chi connectivity index (χ3v) is 3.37. The lowest BCUT2D eigenvalue weighted by molar-refractivity contribution is 0.379. The molecule has 1 aromatic rings. The van der Waals surface area contributed by atoms with Gasteiger partial charge in [-0.25, -0.2) is 4.99 Å². The highest BCUT2D eigenvalue weighted by atomic mass is 127. The molecule has 1 aromatic heterocycles. The van der Waals surface area contributed by atoms with Gasteiger partial charge in [-0.1, -0.05) is 5.16 Å². The highest BCUT2D eigenvalue weighted by Crippen LogP contribution is 2.18. The number of nitrogens with zero attached hydrogens (tertiary/aromatic N) is 2. The molecule has 1 aliphatic carbocycles. The van der Waals surface area contributed by atoms with Crippen LogP contribution in [0.25, 0.3) is 0 Å². The van der Waals surface area contributed by atoms with Gasteiger partial charge >= 0.3 is 0 Å². The Morgan fingerprint density at radius 2 is 2.16 bits per heavy atom. The van der Waals surface area contributed by atoms with Crippen molar-refractivity contribution in [1.82, 2.24) is 15.8 Å². The van der Waals surface area contributed by atoms with Crippen molar-refractivity contribution in [3.8, 4) is 0 Å². The second-order valence-electron chi connectivity index (χ2n) is 4.77. The Morgan fingerprint density at radius 1 is 1.42 bits per heavy atom. The molecule has 6 heteroatoms. The van der Waals surface area contributed by atoms with E-state index in [1.165, 1.54) is 19.3 Å². The summed E-state index contributed by atoms with van der Waals surface area (Å²) in [6.45, 7) is 7.45. The molecule has 0 radical (unpaired) electrons. The highest BCUT2D eigenvalue weighted by molar-refractivity contribution is 14.0. The molecule has 0 atom stereocenters. The van der Waals surface area contributed by atoms with Gasteiger partial charge < -0.3 is 15.2 Å². The standard InChI is InChI=1S/C13H22N4O.HI/c1-4-14-13(16-11-6-5-7-11)15-8-12-9(2)17-18-10(12)3;/h11H,4-8H2,1-3H3,(H2,14,15,16);1H. The molecular formula is C13H23IN4O. The van der Waals surface area contributed by atoms with Crippen LogP contribution in [0.15, 0.2) is 9.52 Å². The zero-order valence-corrected chi connectivity index (χ0v) is 14.2. The predicted molar refractivity (Wildman–Crippen MR) is 87.0 cm³/mol. The Kier molecular flexibility index (Phi) is 6.60. The molecule has 0 unspecified atom stereocenters. The van der Waals surface area contributed by atoms with Crippen LogP contribution in [0.4, 0.5) is 0 Å². The van der Waals surface area contributed by atoms with Gasteiger partial charge in [0.1, 0.15) is 5.76 Å². The van der Waals surface area contributed by atoms with Crippen molar-refractivity contribution in [1.29, 1.82) is 0 Å². The van der Waals surface area contributed by atoms with E-state index in [1.54, 1.807) is 0 Å². The molecule has 0 aliphatic heterocycles. The number of rotatable bonds is 4. The average Bonchev–Trinajstić information content (AvgIpc) is 2.61. The average molecular weight is 378 g/mol. The van der Waals surface area contributed by atoms with Crippen LogP contribution in [0, 0.1) is 13.8 Å². The number of aromatic nitrogens is 1. The topological polar surface area (TPSA) is 62.5 Å². The maximum absolute atomic E-state index is 5.14. The lowest BCUT2D eigenvalue weighted by Gasteiger charge is -2.28. The van der Waals surface area contributed by atoms with E-state index in [1.807, 2.05) is 13.8 Å². The highest BCUT2D eigenvalue weighted by Gasteiger charge is 2.18. The SMILES string of the molecule is CCNC(=NCc1c(C)noc1C)NC1CCC1.I. The summed E-state index contributed by atoms with van der Waals surface area (Å²) < 4.78 is 5.14. The minimum absolute atomic E-state index is 0. The number of guanidine groups is 1. The molecule has 0 spiro atoms. The van der Waals surface area contributed by atoms with Gasteiger partial charge in [-0.3, -0.25) is 0 Å². The third-order valence-electron chi connectivity index (χ3n) is 3.37. The number of hydrogen-bond donors (Lipinski definition) is 2. The van der Waals surface area contributed by atoms with E-state index in [0.717, 1.165) is 29.5 Å². The Morgan fingerprint density at radius 3 is 2.63 bits per heavy atom. The molecular weight excluding hydrogens is 355 g/mol. The van der Waals surface area contributed by atoms with Gasteiger partial charge in [0.05, 0.1) is 12.2 Å². The van der Waals surface area contributed by atoms with Gasteiger partial charge in [-0.05, 0) is 40.0 Å². The first-order valence-corrected chi connectivity index (χ1v) is 6.67. The Labute approximate surface area is 131 Å². The molecule has 2 N–H and O–H groups in total. The summed E-state index contributed by atoms with van der Waals surface area (Å²) in [6, 6.07) is 0.590. The molecule has 5 nitrogen and oxygen atoms in total. The molecule has 1 fully saturated rings. The molecule has 1 aliphatic rings. The van der Waals surface area contributed by atoms with Crippen LogP contribution in [0.5, 0.6) is 0 Å². The first-order valence-electron chi connectivity index (χ1n) is 6.67. The van der Waals surface area contributed by atoms with Crippen LogP contribution >= 0.6 is 24.0 Å². The third kappa shape index (κ3) is 4.36. The second kappa shape index (κ2) is 7.72. The van der Waals surface area contributed by atoms with E-state index in [2.05, 4.69) is 27.7 Å². The van der Waals surface area contributed by atoms with E-state index >= 15 is 0 Å². The largest absolute Gasteiger partial charge is 0.361 e. The molecule has 108 valence electrons. The van der Waals surface area contributed by atoms with Gasteiger partial charge in [0.2, 0.25) is 0 Å². The monoisotopic (exact) mass is 378 g/mol. The fraction of sp³-hybridized carbons (Fsp3) is 0.692. The van der Waals surface area contributed by atoms with Crippen molar-refractivity contribution in [2.45, 2.75) is 52.6 Å². The Hall–Kier alpha value is -0.790. The normalized spacial score (nSPS) is 15.6. The van der Waals surface area contributed by atoms with Gasteiger partial charge in [0.25, 0.3) is 0 Å². The number of aliphatic imine (C=N–C) groups is 1. The van der Waals surface area contributed by atoms with E-state index < -0.39 is 0 Å². The molecule has 0 amide bonds. The van der Waals surface area contributed by atoms with E-state index in [0.29, 0.717) is 12.6 Å². The Balaban J connectivity index is 0.00000180. The van der Waals surface area contributed by atoms with Crippen molar-refractivity contribution in [2.75, 3.05) is 6.54 Å². The molecule has 0 bridgehead atoms. The summed E-state index contributed by atoms with van der Waals surface area (Å²) in [6.07, 6.45) is 3.81. The predicted octanol–water partition coefficient (Wildman–Crippen LogP) is 2.52. The zero-order valence-electron chi connectivity index (χ0n) is 11.8. The first kappa shape index (κ1) is 16.3. The van der Waals surface area contributed by atoms with Gasteiger partial charge in [0.15, 0.2) is 5.96 Å². The van der Waals surface area contributed by atoms with Crippen LogP contribution in [0.2, 0.25) is 0 Å². The van der Waals surface area contributed by atoms with Gasteiger partial charge in [-0.15, -0.1) is 24.0 Å². The van der Waals surface area contributed by atoms with Crippen LogP contribution < -0.4 is 10.6 Å². The first-order chi connectivity index (χ1) is 8.70. The fourth-order valence-electron chi connectivity index (χ4n) is 1.95. The van der Waals surface area contributed by atoms with Crippen molar-refractivity contribution in [2.24, 2.45) is 4.99 Å². The maximum atomic E-state index is 5.14. The number of halogens is 1. The lowest BCUT2D eigenvalue weighted by Crippen LogP contribution is -2.46. The van der Waals surface area contributed by atoms with Gasteiger partial charge in [-0.2, -0.15) is 0 Å². The molecule has 0 saturated heterocycles. The molecule has 1 heterocycles. The summed E-state index contributed by atoms with van der Waals surface area (Å²) >= 11 is 0. The zero-order chi connectivity index (χ0) is 13.0. The van der Waals surface area contributed by atoms with E-state index in [-0.39, 0.29) is 24.0 Å². The fourth-order valence-corrected chi connectivity index (χ4v) is 1.95. The van der Waals surface area contributed by atoms with Crippen molar-refractivity contribution in [3.05, 3.63) is 17.0 Å². The number of nitrogens with one attached hydrogen (secondary N) is 2. The number of aryl methyl sites for hydroxylation is 2. The van der Waals surface area contributed by atoms with Crippen molar-refractivity contribution < 1.29 is 4.52 Å². The number of hydrogen-bond acceptors (Lipinski definition) is 3. The maximum Gasteiger partial charge on any atom is 0.191 e. The summed E-state index contributed by atoms with van der Waals surface area (Å²) in [7, 11) is 0. The molecule has 19 heavy (non-hydrogen) atoms. The van der Waals surface area contributed by atoms with E-state index in [4.69, 9.17) is 4.52 Å². The second-order valence-corrected chi connectivity index (χ2v) is 4.77. The smallest absolute Gasteiger partial charge is 0.191 e. The van der Waals surface area contributed by atoms with Gasteiger partial charge in [0, 0.05) is 18.2 Å². The summed E-state index contributed by atoms with van der Waals surface area (Å²) in [5.41, 5.74) is 2.01. The molecule has 0 aromatic carbocycles.